The van der Waals surface area contributed by atoms with E-state index < -0.39 is 6.10 Å². The summed E-state index contributed by atoms with van der Waals surface area (Å²) >= 11 is 7.38. The molecule has 0 amide bonds. The molecule has 1 N–H and O–H groups in total. The van der Waals surface area contributed by atoms with Gasteiger partial charge in [-0.1, -0.05) is 23.7 Å². The Morgan fingerprint density at radius 3 is 2.72 bits per heavy atom. The second-order valence-electron chi connectivity index (χ2n) is 4.21. The fourth-order valence-electron chi connectivity index (χ4n) is 1.69. The summed E-state index contributed by atoms with van der Waals surface area (Å²) in [6.45, 7) is 4.21. The predicted molar refractivity (Wildman–Crippen MR) is 75.5 cm³/mol. The number of hydrogen-bond donors (Lipinski definition) is 1. The highest BCUT2D eigenvalue weighted by molar-refractivity contribution is 7.16. The summed E-state index contributed by atoms with van der Waals surface area (Å²) in [4.78, 5) is 1.07. The first-order chi connectivity index (χ1) is 8.56. The summed E-state index contributed by atoms with van der Waals surface area (Å²) in [5, 5.41) is 9.70. The van der Waals surface area contributed by atoms with Crippen molar-refractivity contribution in [2.75, 3.05) is 0 Å². The highest BCUT2D eigenvalue weighted by atomic mass is 35.5. The molecule has 0 bridgehead atoms. The van der Waals surface area contributed by atoms with Crippen LogP contribution in [-0.2, 0) is 6.61 Å². The number of benzene rings is 1. The second kappa shape index (κ2) is 5.74. The van der Waals surface area contributed by atoms with Gasteiger partial charge in [0.05, 0.1) is 10.4 Å². The molecule has 0 aliphatic carbocycles. The lowest BCUT2D eigenvalue weighted by atomic mass is 10.1. The molecule has 1 aromatic heterocycles. The van der Waals surface area contributed by atoms with Gasteiger partial charge in [-0.2, -0.15) is 0 Å². The Labute approximate surface area is 116 Å². The van der Waals surface area contributed by atoms with Crippen molar-refractivity contribution in [2.24, 2.45) is 0 Å². The van der Waals surface area contributed by atoms with Crippen LogP contribution in [0.25, 0.3) is 0 Å². The molecule has 1 heterocycles. The molecule has 0 saturated heterocycles. The summed E-state index contributed by atoms with van der Waals surface area (Å²) < 4.78 is 6.53. The maximum absolute atomic E-state index is 9.70. The number of halogens is 1. The highest BCUT2D eigenvalue weighted by Gasteiger charge is 2.10. The van der Waals surface area contributed by atoms with Crippen molar-refractivity contribution in [1.29, 1.82) is 0 Å². The molecule has 2 nitrogen and oxygen atoms in total. The number of hydrogen-bond acceptors (Lipinski definition) is 3. The molecule has 96 valence electrons. The zero-order valence-corrected chi connectivity index (χ0v) is 11.9. The third kappa shape index (κ3) is 3.25. The molecule has 2 rings (SSSR count). The zero-order valence-electron chi connectivity index (χ0n) is 10.3. The molecule has 1 atom stereocenters. The van der Waals surface area contributed by atoms with Crippen LogP contribution in [0, 0.1) is 6.92 Å². The van der Waals surface area contributed by atoms with Crippen LogP contribution in [0.1, 0.15) is 29.0 Å². The van der Waals surface area contributed by atoms with Gasteiger partial charge in [-0.3, -0.25) is 0 Å². The molecule has 0 aliphatic rings. The molecule has 0 aliphatic heterocycles. The van der Waals surface area contributed by atoms with Crippen molar-refractivity contribution in [3.63, 3.8) is 0 Å². The third-order valence-electron chi connectivity index (χ3n) is 2.62. The lowest BCUT2D eigenvalue weighted by molar-refractivity contribution is 0.190. The summed E-state index contributed by atoms with van der Waals surface area (Å²) in [5.41, 5.74) is 1.92. The van der Waals surface area contributed by atoms with Crippen molar-refractivity contribution in [2.45, 2.75) is 26.6 Å². The largest absolute Gasteiger partial charge is 0.488 e. The van der Waals surface area contributed by atoms with E-state index >= 15 is 0 Å². The van der Waals surface area contributed by atoms with E-state index in [1.165, 1.54) is 11.3 Å². The normalized spacial score (nSPS) is 12.4. The summed E-state index contributed by atoms with van der Waals surface area (Å²) in [6, 6.07) is 9.62. The van der Waals surface area contributed by atoms with Crippen LogP contribution in [0.15, 0.2) is 30.3 Å². The van der Waals surface area contributed by atoms with E-state index in [1.807, 2.05) is 37.3 Å². The predicted octanol–water partition coefficient (Wildman–Crippen LogP) is 4.34. The van der Waals surface area contributed by atoms with Crippen molar-refractivity contribution in [3.05, 3.63) is 50.7 Å². The molecule has 18 heavy (non-hydrogen) atoms. The molecule has 0 unspecified atom stereocenters. The lowest BCUT2D eigenvalue weighted by Crippen LogP contribution is -2.00. The first-order valence-corrected chi connectivity index (χ1v) is 6.91. The van der Waals surface area contributed by atoms with Gasteiger partial charge in [0.15, 0.2) is 0 Å². The van der Waals surface area contributed by atoms with Crippen LogP contribution in [0.3, 0.4) is 0 Å². The summed E-state index contributed by atoms with van der Waals surface area (Å²) in [5.74, 6) is 0.731. The summed E-state index contributed by atoms with van der Waals surface area (Å²) in [7, 11) is 0. The Balaban J connectivity index is 2.15. The quantitative estimate of drug-likeness (QED) is 0.904. The first-order valence-electron chi connectivity index (χ1n) is 5.72. The Morgan fingerprint density at radius 2 is 2.11 bits per heavy atom. The molecular weight excluding hydrogens is 268 g/mol. The van der Waals surface area contributed by atoms with Crippen LogP contribution in [0.5, 0.6) is 5.75 Å². The highest BCUT2D eigenvalue weighted by Crippen LogP contribution is 2.28. The Kier molecular flexibility index (Phi) is 4.27. The minimum Gasteiger partial charge on any atom is -0.488 e. The fraction of sp³-hybridized carbons (Fsp3) is 0.286. The zero-order chi connectivity index (χ0) is 13.1. The van der Waals surface area contributed by atoms with E-state index in [9.17, 15) is 5.11 Å². The maximum Gasteiger partial charge on any atom is 0.125 e. The first kappa shape index (κ1) is 13.4. The van der Waals surface area contributed by atoms with Crippen molar-refractivity contribution in [1.82, 2.24) is 0 Å². The Bertz CT molecular complexity index is 534. The van der Waals surface area contributed by atoms with E-state index in [0.717, 1.165) is 26.1 Å². The molecule has 0 radical (unpaired) electrons. The van der Waals surface area contributed by atoms with Crippen LogP contribution < -0.4 is 4.74 Å². The Hall–Kier alpha value is -1.03. The van der Waals surface area contributed by atoms with Gasteiger partial charge in [-0.15, -0.1) is 11.3 Å². The number of ether oxygens (including phenoxy) is 1. The van der Waals surface area contributed by atoms with E-state index in [0.29, 0.717) is 6.61 Å². The fourth-order valence-corrected chi connectivity index (χ4v) is 2.69. The number of rotatable bonds is 4. The minimum absolute atomic E-state index is 0.473. The van der Waals surface area contributed by atoms with Crippen LogP contribution in [0.4, 0.5) is 0 Å². The van der Waals surface area contributed by atoms with Gasteiger partial charge < -0.3 is 9.84 Å². The molecular formula is C14H15ClO2S. The van der Waals surface area contributed by atoms with Gasteiger partial charge >= 0.3 is 0 Å². The van der Waals surface area contributed by atoms with Gasteiger partial charge in [-0.05, 0) is 37.6 Å². The maximum atomic E-state index is 9.70. The second-order valence-corrected chi connectivity index (χ2v) is 6.01. The van der Waals surface area contributed by atoms with Crippen LogP contribution in [-0.4, -0.2) is 5.11 Å². The average Bonchev–Trinajstić information content (AvgIpc) is 2.72. The number of aliphatic hydroxyl groups is 1. The molecule has 4 heteroatoms. The molecule has 0 saturated carbocycles. The monoisotopic (exact) mass is 282 g/mol. The average molecular weight is 283 g/mol. The van der Waals surface area contributed by atoms with E-state index in [1.54, 1.807) is 6.92 Å². The van der Waals surface area contributed by atoms with Crippen LogP contribution >= 0.6 is 22.9 Å². The minimum atomic E-state index is -0.535. The molecule has 2 aromatic rings. The van der Waals surface area contributed by atoms with Crippen molar-refractivity contribution < 1.29 is 9.84 Å². The van der Waals surface area contributed by atoms with Gasteiger partial charge in [0, 0.05) is 10.4 Å². The summed E-state index contributed by atoms with van der Waals surface area (Å²) in [6.07, 6.45) is -0.535. The Morgan fingerprint density at radius 1 is 1.33 bits per heavy atom. The number of aliphatic hydroxyl groups excluding tert-OH is 1. The number of thiophene rings is 1. The topological polar surface area (TPSA) is 29.5 Å². The van der Waals surface area contributed by atoms with Crippen LogP contribution in [0.2, 0.25) is 4.34 Å². The van der Waals surface area contributed by atoms with Crippen molar-refractivity contribution in [3.8, 4) is 5.75 Å². The van der Waals surface area contributed by atoms with E-state index in [4.69, 9.17) is 16.3 Å². The van der Waals surface area contributed by atoms with Gasteiger partial charge in [-0.25, -0.2) is 0 Å². The lowest BCUT2D eigenvalue weighted by Gasteiger charge is -2.13. The smallest absolute Gasteiger partial charge is 0.125 e. The standard InChI is InChI=1S/C14H15ClO2S/c1-9-3-5-12(10(2)16)13(7-9)17-8-11-4-6-14(15)18-11/h3-7,10,16H,8H2,1-2H3/t10-/m0/s1. The van der Waals surface area contributed by atoms with Gasteiger partial charge in [0.2, 0.25) is 0 Å². The van der Waals surface area contributed by atoms with E-state index in [-0.39, 0.29) is 0 Å². The van der Waals surface area contributed by atoms with E-state index in [2.05, 4.69) is 0 Å². The SMILES string of the molecule is Cc1ccc([C@H](C)O)c(OCc2ccc(Cl)s2)c1. The molecule has 1 aromatic carbocycles. The molecule has 0 fully saturated rings. The van der Waals surface area contributed by atoms with Gasteiger partial charge in [0.25, 0.3) is 0 Å². The van der Waals surface area contributed by atoms with Crippen molar-refractivity contribution >= 4 is 22.9 Å². The number of aryl methyl sites for hydroxylation is 1. The third-order valence-corrected chi connectivity index (χ3v) is 3.82. The molecule has 0 spiro atoms. The van der Waals surface area contributed by atoms with Gasteiger partial charge in [0.1, 0.15) is 12.4 Å².